The Hall–Kier alpha value is -3.55. The summed E-state index contributed by atoms with van der Waals surface area (Å²) in [6.07, 6.45) is 10.3. The van der Waals surface area contributed by atoms with Crippen molar-refractivity contribution in [1.29, 1.82) is 0 Å². The minimum atomic E-state index is 0.501. The first-order chi connectivity index (χ1) is 12.3. The first-order valence-corrected chi connectivity index (χ1v) is 7.90. The van der Waals surface area contributed by atoms with Crippen LogP contribution in [0, 0.1) is 0 Å². The van der Waals surface area contributed by atoms with E-state index in [2.05, 4.69) is 31.8 Å². The number of anilines is 2. The summed E-state index contributed by atoms with van der Waals surface area (Å²) in [5.41, 5.74) is 1.02. The Morgan fingerprint density at radius 1 is 0.840 bits per heavy atom. The fraction of sp³-hybridized carbons (Fsp3) is 0.118. The quantitative estimate of drug-likeness (QED) is 0.558. The van der Waals surface area contributed by atoms with Crippen LogP contribution < -0.4 is 4.90 Å². The van der Waals surface area contributed by atoms with Crippen molar-refractivity contribution in [2.24, 2.45) is 0 Å². The molecule has 0 spiro atoms. The molecule has 8 heteroatoms. The van der Waals surface area contributed by atoms with Gasteiger partial charge in [0.2, 0.25) is 17.8 Å². The maximum Gasteiger partial charge on any atom is 0.241 e. The summed E-state index contributed by atoms with van der Waals surface area (Å²) in [7, 11) is 0. The highest BCUT2D eigenvalue weighted by atomic mass is 15.3. The smallest absolute Gasteiger partial charge is 0.241 e. The second-order valence-electron chi connectivity index (χ2n) is 5.26. The average molecular weight is 332 g/mol. The largest absolute Gasteiger partial charge is 0.311 e. The predicted octanol–water partition coefficient (Wildman–Crippen LogP) is 2.40. The highest BCUT2D eigenvalue weighted by Crippen LogP contribution is 2.22. The van der Waals surface area contributed by atoms with E-state index in [0.29, 0.717) is 17.8 Å². The second-order valence-corrected chi connectivity index (χ2v) is 5.26. The van der Waals surface area contributed by atoms with Crippen molar-refractivity contribution in [3.63, 3.8) is 0 Å². The van der Waals surface area contributed by atoms with Crippen LogP contribution in [0.4, 0.5) is 11.6 Å². The fourth-order valence-electron chi connectivity index (χ4n) is 2.50. The Morgan fingerprint density at radius 3 is 1.92 bits per heavy atom. The molecule has 0 aliphatic rings. The molecule has 0 fully saturated rings. The molecule has 4 rings (SSSR count). The zero-order valence-electron chi connectivity index (χ0n) is 13.6. The Bertz CT molecular complexity index is 880. The van der Waals surface area contributed by atoms with Crippen molar-refractivity contribution < 1.29 is 0 Å². The van der Waals surface area contributed by atoms with E-state index >= 15 is 0 Å². The molecule has 0 N–H and O–H groups in total. The molecule has 0 bridgehead atoms. The van der Waals surface area contributed by atoms with E-state index in [1.165, 1.54) is 0 Å². The molecule has 3 heterocycles. The summed E-state index contributed by atoms with van der Waals surface area (Å²) in [6.45, 7) is 2.78. The molecule has 0 atom stereocenters. The highest BCUT2D eigenvalue weighted by molar-refractivity contribution is 5.57. The van der Waals surface area contributed by atoms with E-state index in [-0.39, 0.29) is 0 Å². The van der Waals surface area contributed by atoms with E-state index in [1.54, 1.807) is 46.6 Å². The molecular formula is C17H16N8. The lowest BCUT2D eigenvalue weighted by Crippen LogP contribution is -2.21. The summed E-state index contributed by atoms with van der Waals surface area (Å²) >= 11 is 0. The van der Waals surface area contributed by atoms with Crippen LogP contribution >= 0.6 is 0 Å². The molecule has 0 saturated heterocycles. The number of imidazole rings is 2. The molecule has 0 radical (unpaired) electrons. The van der Waals surface area contributed by atoms with Crippen LogP contribution in [-0.4, -0.2) is 40.6 Å². The van der Waals surface area contributed by atoms with Crippen LogP contribution in [0.2, 0.25) is 0 Å². The van der Waals surface area contributed by atoms with Crippen LogP contribution in [0.25, 0.3) is 11.9 Å². The summed E-state index contributed by atoms with van der Waals surface area (Å²) in [6, 6.07) is 10.0. The van der Waals surface area contributed by atoms with Crippen LogP contribution in [0.5, 0.6) is 0 Å². The van der Waals surface area contributed by atoms with Crippen molar-refractivity contribution in [2.75, 3.05) is 11.4 Å². The van der Waals surface area contributed by atoms with E-state index in [1.807, 2.05) is 35.2 Å². The second kappa shape index (κ2) is 6.52. The number of hydrogen-bond donors (Lipinski definition) is 0. The van der Waals surface area contributed by atoms with Gasteiger partial charge < -0.3 is 4.90 Å². The molecule has 0 aliphatic heterocycles. The molecule has 1 aromatic carbocycles. The van der Waals surface area contributed by atoms with Gasteiger partial charge in [0.05, 0.1) is 0 Å². The number of nitrogens with zero attached hydrogens (tertiary/aromatic N) is 8. The molecule has 0 aliphatic carbocycles. The SMILES string of the molecule is CCN(c1ccccc1)c1nc(-n2ccnc2)nc(-n2ccnc2)n1. The number of rotatable bonds is 5. The van der Waals surface area contributed by atoms with Gasteiger partial charge in [-0.1, -0.05) is 18.2 Å². The van der Waals surface area contributed by atoms with E-state index < -0.39 is 0 Å². The summed E-state index contributed by atoms with van der Waals surface area (Å²) < 4.78 is 3.51. The summed E-state index contributed by atoms with van der Waals surface area (Å²) in [4.78, 5) is 24.0. The molecule has 3 aromatic heterocycles. The minimum Gasteiger partial charge on any atom is -0.311 e. The molecule has 25 heavy (non-hydrogen) atoms. The van der Waals surface area contributed by atoms with E-state index in [0.717, 1.165) is 12.2 Å². The Morgan fingerprint density at radius 2 is 1.44 bits per heavy atom. The highest BCUT2D eigenvalue weighted by Gasteiger charge is 2.15. The maximum absolute atomic E-state index is 4.63. The monoisotopic (exact) mass is 332 g/mol. The van der Waals surface area contributed by atoms with Gasteiger partial charge in [0.1, 0.15) is 12.7 Å². The Kier molecular flexibility index (Phi) is 3.91. The van der Waals surface area contributed by atoms with Crippen LogP contribution in [0.3, 0.4) is 0 Å². The topological polar surface area (TPSA) is 77.5 Å². The van der Waals surface area contributed by atoms with Crippen LogP contribution in [0.1, 0.15) is 6.92 Å². The van der Waals surface area contributed by atoms with Gasteiger partial charge in [-0.05, 0) is 19.1 Å². The van der Waals surface area contributed by atoms with Crippen molar-refractivity contribution >= 4 is 11.6 Å². The van der Waals surface area contributed by atoms with Gasteiger partial charge in [-0.25, -0.2) is 9.97 Å². The van der Waals surface area contributed by atoms with Crippen molar-refractivity contribution in [1.82, 2.24) is 34.1 Å². The lowest BCUT2D eigenvalue weighted by Gasteiger charge is -2.21. The van der Waals surface area contributed by atoms with Crippen molar-refractivity contribution in [2.45, 2.75) is 6.92 Å². The fourth-order valence-corrected chi connectivity index (χ4v) is 2.50. The first kappa shape index (κ1) is 15.0. The molecule has 0 saturated carbocycles. The number of aromatic nitrogens is 7. The first-order valence-electron chi connectivity index (χ1n) is 7.90. The summed E-state index contributed by atoms with van der Waals surface area (Å²) in [5.74, 6) is 1.57. The van der Waals surface area contributed by atoms with Gasteiger partial charge in [0.15, 0.2) is 0 Å². The molecular weight excluding hydrogens is 316 g/mol. The van der Waals surface area contributed by atoms with Gasteiger partial charge in [-0.3, -0.25) is 9.13 Å². The maximum atomic E-state index is 4.63. The molecule has 0 unspecified atom stereocenters. The number of para-hydroxylation sites is 1. The van der Waals surface area contributed by atoms with Gasteiger partial charge in [0, 0.05) is 37.0 Å². The standard InChI is InChI=1S/C17H16N8/c1-2-25(14-6-4-3-5-7-14)17-21-15(23-10-8-18-12-23)20-16(22-17)24-11-9-19-13-24/h3-13H,2H2,1H3. The predicted molar refractivity (Wildman–Crippen MR) is 93.2 cm³/mol. The molecule has 0 amide bonds. The lowest BCUT2D eigenvalue weighted by molar-refractivity contribution is 0.815. The average Bonchev–Trinajstić information content (AvgIpc) is 3.37. The lowest BCUT2D eigenvalue weighted by atomic mass is 10.3. The third-order valence-electron chi connectivity index (χ3n) is 3.70. The summed E-state index contributed by atoms with van der Waals surface area (Å²) in [5, 5.41) is 0. The number of hydrogen-bond acceptors (Lipinski definition) is 6. The van der Waals surface area contributed by atoms with Gasteiger partial charge in [-0.2, -0.15) is 15.0 Å². The normalized spacial score (nSPS) is 10.8. The van der Waals surface area contributed by atoms with E-state index in [4.69, 9.17) is 0 Å². The van der Waals surface area contributed by atoms with Crippen LogP contribution in [0.15, 0.2) is 67.8 Å². The molecule has 4 aromatic rings. The third kappa shape index (κ3) is 2.97. The van der Waals surface area contributed by atoms with Crippen LogP contribution in [-0.2, 0) is 0 Å². The van der Waals surface area contributed by atoms with Crippen molar-refractivity contribution in [3.05, 3.63) is 67.8 Å². The molecule has 124 valence electrons. The van der Waals surface area contributed by atoms with Gasteiger partial charge in [0.25, 0.3) is 0 Å². The number of benzene rings is 1. The van der Waals surface area contributed by atoms with Gasteiger partial charge in [-0.15, -0.1) is 0 Å². The third-order valence-corrected chi connectivity index (χ3v) is 3.70. The molecule has 8 nitrogen and oxygen atoms in total. The van der Waals surface area contributed by atoms with E-state index in [9.17, 15) is 0 Å². The van der Waals surface area contributed by atoms with Crippen molar-refractivity contribution in [3.8, 4) is 11.9 Å². The Balaban J connectivity index is 1.86. The Labute approximate surface area is 144 Å². The van der Waals surface area contributed by atoms with Gasteiger partial charge >= 0.3 is 0 Å². The zero-order valence-corrected chi connectivity index (χ0v) is 13.6. The zero-order chi connectivity index (χ0) is 17.1. The minimum absolute atomic E-state index is 0.501.